The Bertz CT molecular complexity index is 406. The predicted molar refractivity (Wildman–Crippen MR) is 73.9 cm³/mol. The predicted octanol–water partition coefficient (Wildman–Crippen LogP) is 2.46. The first kappa shape index (κ1) is 15.1. The highest BCUT2D eigenvalue weighted by Gasteiger charge is 2.07. The minimum absolute atomic E-state index is 0.117. The lowest BCUT2D eigenvalue weighted by atomic mass is 10.2. The zero-order valence-corrected chi connectivity index (χ0v) is 11.7. The van der Waals surface area contributed by atoms with Gasteiger partial charge in [-0.15, -0.1) is 0 Å². The summed E-state index contributed by atoms with van der Waals surface area (Å²) in [6, 6.07) is 5.36. The van der Waals surface area contributed by atoms with Crippen LogP contribution in [0.1, 0.15) is 19.8 Å². The van der Waals surface area contributed by atoms with Gasteiger partial charge in [-0.25, -0.2) is 0 Å². The summed E-state index contributed by atoms with van der Waals surface area (Å²) in [7, 11) is 3.16. The van der Waals surface area contributed by atoms with Gasteiger partial charge in [0.25, 0.3) is 0 Å². The molecule has 0 heterocycles. The average Bonchev–Trinajstić information content (AvgIpc) is 2.45. The second-order valence-corrected chi connectivity index (χ2v) is 3.99. The molecule has 1 aromatic rings. The molecule has 0 bridgehead atoms. The van der Waals surface area contributed by atoms with E-state index in [1.807, 2.05) is 6.92 Å². The van der Waals surface area contributed by atoms with Gasteiger partial charge in [-0.05, 0) is 18.6 Å². The summed E-state index contributed by atoms with van der Waals surface area (Å²) in [4.78, 5) is 11.5. The van der Waals surface area contributed by atoms with Crippen LogP contribution in [0.2, 0.25) is 0 Å². The van der Waals surface area contributed by atoms with Crippen LogP contribution in [-0.2, 0) is 9.53 Å². The topological polar surface area (TPSA) is 56.8 Å². The van der Waals surface area contributed by atoms with Crippen LogP contribution in [0.4, 0.5) is 5.69 Å². The Kier molecular flexibility index (Phi) is 6.57. The Morgan fingerprint density at radius 3 is 2.68 bits per heavy atom. The van der Waals surface area contributed by atoms with E-state index < -0.39 is 0 Å². The van der Waals surface area contributed by atoms with E-state index in [0.717, 1.165) is 18.5 Å². The largest absolute Gasteiger partial charge is 0.497 e. The van der Waals surface area contributed by atoms with Gasteiger partial charge in [-0.3, -0.25) is 4.79 Å². The molecule has 1 rings (SSSR count). The summed E-state index contributed by atoms with van der Waals surface area (Å²) in [6.45, 7) is 2.64. The van der Waals surface area contributed by atoms with Crippen LogP contribution >= 0.6 is 0 Å². The molecular formula is C14H21NO4. The number of nitrogens with one attached hydrogen (secondary N) is 1. The highest BCUT2D eigenvalue weighted by molar-refractivity contribution is 5.76. The van der Waals surface area contributed by atoms with Crippen molar-refractivity contribution in [3.63, 3.8) is 0 Å². The number of unbranched alkanes of at least 4 members (excludes halogenated alkanes) is 1. The summed E-state index contributed by atoms with van der Waals surface area (Å²) in [5, 5.41) is 2.99. The summed E-state index contributed by atoms with van der Waals surface area (Å²) in [5.74, 6) is 1.06. The Morgan fingerprint density at radius 2 is 2.05 bits per heavy atom. The minimum atomic E-state index is -0.272. The number of ether oxygens (including phenoxy) is 3. The minimum Gasteiger partial charge on any atom is -0.497 e. The van der Waals surface area contributed by atoms with Crippen molar-refractivity contribution in [3.05, 3.63) is 18.2 Å². The molecule has 0 spiro atoms. The molecule has 5 heteroatoms. The van der Waals surface area contributed by atoms with Crippen LogP contribution in [0.3, 0.4) is 0 Å². The molecule has 0 saturated carbocycles. The van der Waals surface area contributed by atoms with Gasteiger partial charge in [0.1, 0.15) is 18.0 Å². The maximum Gasteiger partial charge on any atom is 0.325 e. The lowest BCUT2D eigenvalue weighted by Gasteiger charge is -2.12. The van der Waals surface area contributed by atoms with Gasteiger partial charge in [-0.1, -0.05) is 13.3 Å². The van der Waals surface area contributed by atoms with E-state index in [9.17, 15) is 4.79 Å². The molecule has 0 aliphatic rings. The van der Waals surface area contributed by atoms with E-state index in [0.29, 0.717) is 18.1 Å². The van der Waals surface area contributed by atoms with E-state index >= 15 is 0 Å². The van der Waals surface area contributed by atoms with Crippen LogP contribution < -0.4 is 14.8 Å². The SMILES string of the molecule is CCCCOC(=O)CNc1ccc(OC)cc1OC. The van der Waals surface area contributed by atoms with Crippen LogP contribution in [-0.4, -0.2) is 33.3 Å². The zero-order chi connectivity index (χ0) is 14.1. The van der Waals surface area contributed by atoms with Crippen LogP contribution in [0.5, 0.6) is 11.5 Å². The highest BCUT2D eigenvalue weighted by atomic mass is 16.5. The van der Waals surface area contributed by atoms with Crippen molar-refractivity contribution in [1.82, 2.24) is 0 Å². The number of hydrogen-bond donors (Lipinski definition) is 1. The highest BCUT2D eigenvalue weighted by Crippen LogP contribution is 2.28. The number of carbonyl (C=O) groups excluding carboxylic acids is 1. The summed E-state index contributed by atoms with van der Waals surface area (Å²) in [5.41, 5.74) is 0.732. The average molecular weight is 267 g/mol. The molecular weight excluding hydrogens is 246 g/mol. The third-order valence-corrected chi connectivity index (χ3v) is 2.59. The molecule has 1 N–H and O–H groups in total. The fourth-order valence-corrected chi connectivity index (χ4v) is 1.49. The van der Waals surface area contributed by atoms with Crippen molar-refractivity contribution in [2.75, 3.05) is 32.7 Å². The van der Waals surface area contributed by atoms with Gasteiger partial charge < -0.3 is 19.5 Å². The Labute approximate surface area is 113 Å². The summed E-state index contributed by atoms with van der Waals surface area (Å²) in [6.07, 6.45) is 1.89. The maximum absolute atomic E-state index is 11.5. The van der Waals surface area contributed by atoms with Crippen LogP contribution in [0.15, 0.2) is 18.2 Å². The lowest BCUT2D eigenvalue weighted by Crippen LogP contribution is -2.17. The first-order valence-electron chi connectivity index (χ1n) is 6.32. The molecule has 0 aliphatic heterocycles. The molecule has 0 amide bonds. The van der Waals surface area contributed by atoms with Gasteiger partial charge in [-0.2, -0.15) is 0 Å². The van der Waals surface area contributed by atoms with Crippen LogP contribution in [0, 0.1) is 0 Å². The quantitative estimate of drug-likeness (QED) is 0.579. The number of benzene rings is 1. The van der Waals surface area contributed by atoms with Gasteiger partial charge >= 0.3 is 5.97 Å². The molecule has 1 aromatic carbocycles. The van der Waals surface area contributed by atoms with E-state index in [-0.39, 0.29) is 12.5 Å². The number of esters is 1. The third-order valence-electron chi connectivity index (χ3n) is 2.59. The zero-order valence-electron chi connectivity index (χ0n) is 11.7. The Hall–Kier alpha value is -1.91. The molecule has 106 valence electrons. The number of anilines is 1. The second-order valence-electron chi connectivity index (χ2n) is 3.99. The number of hydrogen-bond acceptors (Lipinski definition) is 5. The smallest absolute Gasteiger partial charge is 0.325 e. The maximum atomic E-state index is 11.5. The molecule has 0 saturated heterocycles. The van der Waals surface area contributed by atoms with Crippen molar-refractivity contribution >= 4 is 11.7 Å². The van der Waals surface area contributed by atoms with E-state index in [1.54, 1.807) is 32.4 Å². The van der Waals surface area contributed by atoms with Gasteiger partial charge in [0.05, 0.1) is 26.5 Å². The van der Waals surface area contributed by atoms with Crippen molar-refractivity contribution in [2.45, 2.75) is 19.8 Å². The number of rotatable bonds is 8. The molecule has 5 nitrogen and oxygen atoms in total. The molecule has 0 aliphatic carbocycles. The third kappa shape index (κ3) is 5.07. The summed E-state index contributed by atoms with van der Waals surface area (Å²) < 4.78 is 15.4. The Balaban J connectivity index is 2.50. The van der Waals surface area contributed by atoms with E-state index in [4.69, 9.17) is 14.2 Å². The number of carbonyl (C=O) groups is 1. The van der Waals surface area contributed by atoms with Gasteiger partial charge in [0.15, 0.2) is 0 Å². The molecule has 0 atom stereocenters. The second kappa shape index (κ2) is 8.24. The van der Waals surface area contributed by atoms with E-state index in [2.05, 4.69) is 5.32 Å². The fourth-order valence-electron chi connectivity index (χ4n) is 1.49. The van der Waals surface area contributed by atoms with Crippen molar-refractivity contribution in [3.8, 4) is 11.5 Å². The van der Waals surface area contributed by atoms with Gasteiger partial charge in [0, 0.05) is 6.07 Å². The van der Waals surface area contributed by atoms with Crippen molar-refractivity contribution in [1.29, 1.82) is 0 Å². The van der Waals surface area contributed by atoms with Crippen molar-refractivity contribution in [2.24, 2.45) is 0 Å². The molecule has 0 fully saturated rings. The first-order valence-corrected chi connectivity index (χ1v) is 6.32. The Morgan fingerprint density at radius 1 is 1.26 bits per heavy atom. The first-order chi connectivity index (χ1) is 9.21. The normalized spacial score (nSPS) is 9.84. The van der Waals surface area contributed by atoms with Gasteiger partial charge in [0.2, 0.25) is 0 Å². The standard InChI is InChI=1S/C14H21NO4/c1-4-5-8-19-14(16)10-15-12-7-6-11(17-2)9-13(12)18-3/h6-7,9,15H,4-5,8,10H2,1-3H3. The molecule has 0 radical (unpaired) electrons. The fraction of sp³-hybridized carbons (Fsp3) is 0.500. The van der Waals surface area contributed by atoms with Crippen molar-refractivity contribution < 1.29 is 19.0 Å². The lowest BCUT2D eigenvalue weighted by molar-refractivity contribution is -0.141. The number of methoxy groups -OCH3 is 2. The van der Waals surface area contributed by atoms with Crippen LogP contribution in [0.25, 0.3) is 0 Å². The monoisotopic (exact) mass is 267 g/mol. The molecule has 0 unspecified atom stereocenters. The summed E-state index contributed by atoms with van der Waals surface area (Å²) >= 11 is 0. The van der Waals surface area contributed by atoms with E-state index in [1.165, 1.54) is 0 Å². The molecule has 19 heavy (non-hydrogen) atoms. The molecule has 0 aromatic heterocycles.